The molecule has 2 aromatic carbocycles. The highest BCUT2D eigenvalue weighted by atomic mass is 19.1. The molecule has 0 radical (unpaired) electrons. The summed E-state index contributed by atoms with van der Waals surface area (Å²) in [6.07, 6.45) is 0. The van der Waals surface area contributed by atoms with Crippen molar-refractivity contribution in [1.29, 1.82) is 5.26 Å². The van der Waals surface area contributed by atoms with Crippen molar-refractivity contribution in [2.24, 2.45) is 0 Å². The van der Waals surface area contributed by atoms with E-state index in [9.17, 15) is 9.18 Å². The van der Waals surface area contributed by atoms with Gasteiger partial charge in [0.2, 0.25) is 0 Å². The van der Waals surface area contributed by atoms with Crippen molar-refractivity contribution in [2.45, 2.75) is 6.04 Å². The van der Waals surface area contributed by atoms with Gasteiger partial charge in [-0.05, 0) is 42.0 Å². The quantitative estimate of drug-likeness (QED) is 0.794. The molecular formula is C21H22FN3O3. The summed E-state index contributed by atoms with van der Waals surface area (Å²) in [6.45, 7) is 3.03. The number of nitriles is 1. The van der Waals surface area contributed by atoms with E-state index >= 15 is 0 Å². The van der Waals surface area contributed by atoms with Gasteiger partial charge in [0.15, 0.2) is 6.61 Å². The van der Waals surface area contributed by atoms with Crippen molar-refractivity contribution >= 4 is 5.91 Å². The van der Waals surface area contributed by atoms with Crippen LogP contribution in [0.3, 0.4) is 0 Å². The third-order valence-electron chi connectivity index (χ3n) is 4.59. The first-order chi connectivity index (χ1) is 13.7. The summed E-state index contributed by atoms with van der Waals surface area (Å²) in [5.41, 5.74) is 1.47. The summed E-state index contributed by atoms with van der Waals surface area (Å²) < 4.78 is 24.1. The topological polar surface area (TPSA) is 74.6 Å². The fourth-order valence-electron chi connectivity index (χ4n) is 3.07. The third kappa shape index (κ3) is 5.52. The molecule has 1 unspecified atom stereocenters. The van der Waals surface area contributed by atoms with E-state index in [1.807, 2.05) is 6.07 Å². The molecule has 0 spiro atoms. The van der Waals surface area contributed by atoms with E-state index < -0.39 is 0 Å². The Labute approximate surface area is 163 Å². The standard InChI is InChI=1S/C21H22FN3O3/c22-18-5-3-17(4-6-18)20(25-9-11-27-12-10-25)14-24-21(26)15-28-19-7-1-16(13-23)2-8-19/h1-8,20H,9-12,14-15H2,(H,24,26). The van der Waals surface area contributed by atoms with E-state index in [-0.39, 0.29) is 24.4 Å². The van der Waals surface area contributed by atoms with Crippen LogP contribution in [0, 0.1) is 17.1 Å². The molecular weight excluding hydrogens is 361 g/mol. The molecule has 146 valence electrons. The molecule has 1 aliphatic heterocycles. The summed E-state index contributed by atoms with van der Waals surface area (Å²) in [5.74, 6) is -0.00789. The maximum absolute atomic E-state index is 13.3. The Bertz CT molecular complexity index is 812. The number of carbonyl (C=O) groups is 1. The number of carbonyl (C=O) groups excluding carboxylic acids is 1. The smallest absolute Gasteiger partial charge is 0.258 e. The molecule has 1 heterocycles. The average molecular weight is 383 g/mol. The van der Waals surface area contributed by atoms with Gasteiger partial charge in [0.25, 0.3) is 5.91 Å². The Morgan fingerprint density at radius 1 is 1.18 bits per heavy atom. The molecule has 3 rings (SSSR count). The van der Waals surface area contributed by atoms with E-state index in [1.165, 1.54) is 12.1 Å². The maximum Gasteiger partial charge on any atom is 0.258 e. The van der Waals surface area contributed by atoms with Gasteiger partial charge in [0, 0.05) is 19.6 Å². The fraction of sp³-hybridized carbons (Fsp3) is 0.333. The largest absolute Gasteiger partial charge is 0.484 e. The summed E-state index contributed by atoms with van der Waals surface area (Å²) in [7, 11) is 0. The van der Waals surface area contributed by atoms with Crippen molar-refractivity contribution in [2.75, 3.05) is 39.5 Å². The lowest BCUT2D eigenvalue weighted by Gasteiger charge is -2.35. The van der Waals surface area contributed by atoms with Crippen LogP contribution < -0.4 is 10.1 Å². The van der Waals surface area contributed by atoms with E-state index in [0.717, 1.165) is 18.7 Å². The second kappa shape index (κ2) is 9.83. The number of nitrogens with zero attached hydrogens (tertiary/aromatic N) is 2. The Morgan fingerprint density at radius 2 is 1.86 bits per heavy atom. The number of nitrogens with one attached hydrogen (secondary N) is 1. The number of hydrogen-bond acceptors (Lipinski definition) is 5. The van der Waals surface area contributed by atoms with Crippen molar-refractivity contribution in [1.82, 2.24) is 10.2 Å². The fourth-order valence-corrected chi connectivity index (χ4v) is 3.07. The van der Waals surface area contributed by atoms with E-state index in [1.54, 1.807) is 36.4 Å². The molecule has 7 heteroatoms. The molecule has 0 aromatic heterocycles. The van der Waals surface area contributed by atoms with Gasteiger partial charge >= 0.3 is 0 Å². The van der Waals surface area contributed by atoms with Crippen molar-refractivity contribution < 1.29 is 18.7 Å². The SMILES string of the molecule is N#Cc1ccc(OCC(=O)NCC(c2ccc(F)cc2)N2CCOCC2)cc1. The van der Waals surface area contributed by atoms with Crippen molar-refractivity contribution in [3.05, 3.63) is 65.5 Å². The van der Waals surface area contributed by atoms with Crippen molar-refractivity contribution in [3.8, 4) is 11.8 Å². The van der Waals surface area contributed by atoms with E-state index in [0.29, 0.717) is 31.1 Å². The molecule has 2 aromatic rings. The predicted octanol–water partition coefficient (Wildman–Crippen LogP) is 2.27. The van der Waals surface area contributed by atoms with Crippen LogP contribution in [0.2, 0.25) is 0 Å². The van der Waals surface area contributed by atoms with Crippen LogP contribution in [0.15, 0.2) is 48.5 Å². The zero-order valence-electron chi connectivity index (χ0n) is 15.4. The van der Waals surface area contributed by atoms with Gasteiger partial charge in [-0.15, -0.1) is 0 Å². The first-order valence-corrected chi connectivity index (χ1v) is 9.12. The van der Waals surface area contributed by atoms with Gasteiger partial charge in [-0.1, -0.05) is 12.1 Å². The van der Waals surface area contributed by atoms with Crippen LogP contribution in [0.25, 0.3) is 0 Å². The van der Waals surface area contributed by atoms with E-state index in [2.05, 4.69) is 10.2 Å². The monoisotopic (exact) mass is 383 g/mol. The lowest BCUT2D eigenvalue weighted by Crippen LogP contribution is -2.44. The third-order valence-corrected chi connectivity index (χ3v) is 4.59. The molecule has 0 bridgehead atoms. The van der Waals surface area contributed by atoms with Crippen molar-refractivity contribution in [3.63, 3.8) is 0 Å². The van der Waals surface area contributed by atoms with Crippen LogP contribution in [-0.4, -0.2) is 50.3 Å². The minimum Gasteiger partial charge on any atom is -0.484 e. The highest BCUT2D eigenvalue weighted by molar-refractivity contribution is 5.77. The lowest BCUT2D eigenvalue weighted by molar-refractivity contribution is -0.123. The number of ether oxygens (including phenoxy) is 2. The van der Waals surface area contributed by atoms with Gasteiger partial charge in [0.1, 0.15) is 11.6 Å². The van der Waals surface area contributed by atoms with Gasteiger partial charge in [-0.2, -0.15) is 5.26 Å². The van der Waals surface area contributed by atoms with Gasteiger partial charge < -0.3 is 14.8 Å². The Balaban J connectivity index is 1.56. The molecule has 1 saturated heterocycles. The average Bonchev–Trinajstić information content (AvgIpc) is 2.75. The van der Waals surface area contributed by atoms with Crippen LogP contribution in [0.5, 0.6) is 5.75 Å². The molecule has 28 heavy (non-hydrogen) atoms. The Kier molecular flexibility index (Phi) is 6.95. The normalized spacial score (nSPS) is 15.4. The van der Waals surface area contributed by atoms with Gasteiger partial charge in [-0.3, -0.25) is 9.69 Å². The molecule has 6 nitrogen and oxygen atoms in total. The summed E-state index contributed by atoms with van der Waals surface area (Å²) >= 11 is 0. The minimum absolute atomic E-state index is 0.0663. The molecule has 1 N–H and O–H groups in total. The summed E-state index contributed by atoms with van der Waals surface area (Å²) in [4.78, 5) is 14.4. The van der Waals surface area contributed by atoms with Crippen LogP contribution in [-0.2, 0) is 9.53 Å². The molecule has 0 aliphatic carbocycles. The minimum atomic E-state index is -0.288. The van der Waals surface area contributed by atoms with Crippen LogP contribution >= 0.6 is 0 Å². The highest BCUT2D eigenvalue weighted by Gasteiger charge is 2.23. The Hall–Kier alpha value is -2.95. The first-order valence-electron chi connectivity index (χ1n) is 9.12. The second-order valence-corrected chi connectivity index (χ2v) is 6.44. The van der Waals surface area contributed by atoms with Crippen LogP contribution in [0.4, 0.5) is 4.39 Å². The highest BCUT2D eigenvalue weighted by Crippen LogP contribution is 2.21. The molecule has 1 amide bonds. The zero-order chi connectivity index (χ0) is 19.8. The number of benzene rings is 2. The number of hydrogen-bond donors (Lipinski definition) is 1. The predicted molar refractivity (Wildman–Crippen MR) is 101 cm³/mol. The van der Waals surface area contributed by atoms with Crippen LogP contribution in [0.1, 0.15) is 17.2 Å². The molecule has 1 aliphatic rings. The number of morpholine rings is 1. The summed E-state index contributed by atoms with van der Waals surface area (Å²) in [6, 6.07) is 14.9. The molecule has 1 atom stereocenters. The number of halogens is 1. The summed E-state index contributed by atoms with van der Waals surface area (Å²) in [5, 5.41) is 11.7. The molecule has 0 saturated carbocycles. The zero-order valence-corrected chi connectivity index (χ0v) is 15.4. The lowest BCUT2D eigenvalue weighted by atomic mass is 10.0. The van der Waals surface area contributed by atoms with E-state index in [4.69, 9.17) is 14.7 Å². The van der Waals surface area contributed by atoms with Gasteiger partial charge in [-0.25, -0.2) is 4.39 Å². The Morgan fingerprint density at radius 3 is 2.50 bits per heavy atom. The number of rotatable bonds is 7. The first kappa shape index (κ1) is 19.8. The molecule has 1 fully saturated rings. The number of amides is 1. The second-order valence-electron chi connectivity index (χ2n) is 6.44. The maximum atomic E-state index is 13.3. The van der Waals surface area contributed by atoms with Gasteiger partial charge in [0.05, 0.1) is 30.9 Å².